The van der Waals surface area contributed by atoms with Gasteiger partial charge in [-0.1, -0.05) is 18.2 Å². The van der Waals surface area contributed by atoms with Crippen molar-refractivity contribution in [2.24, 2.45) is 5.73 Å². The maximum atomic E-state index is 12.8. The Labute approximate surface area is 158 Å². The fourth-order valence-electron chi connectivity index (χ4n) is 2.48. The highest BCUT2D eigenvalue weighted by Gasteiger charge is 2.30. The van der Waals surface area contributed by atoms with E-state index in [1.807, 2.05) is 0 Å². The van der Waals surface area contributed by atoms with Crippen molar-refractivity contribution in [3.05, 3.63) is 65.2 Å². The van der Waals surface area contributed by atoms with Crippen LogP contribution in [0.1, 0.15) is 28.4 Å². The lowest BCUT2D eigenvalue weighted by molar-refractivity contribution is -0.137. The maximum absolute atomic E-state index is 12.8. The number of rotatable bonds is 6. The van der Waals surface area contributed by atoms with Gasteiger partial charge < -0.3 is 16.4 Å². The molecule has 0 aliphatic rings. The van der Waals surface area contributed by atoms with Crippen LogP contribution in [0, 0.1) is 0 Å². The summed E-state index contributed by atoms with van der Waals surface area (Å²) < 4.78 is 38.5. The molecule has 1 atom stereocenters. The highest BCUT2D eigenvalue weighted by molar-refractivity contribution is 5.98. The van der Waals surface area contributed by atoms with Gasteiger partial charge in [-0.25, -0.2) is 0 Å². The topological polar surface area (TPSA) is 101 Å². The summed E-state index contributed by atoms with van der Waals surface area (Å²) in [5.74, 6) is -1.77. The van der Waals surface area contributed by atoms with Gasteiger partial charge in [-0.15, -0.1) is 0 Å². The smallest absolute Gasteiger partial charge is 0.368 e. The van der Waals surface area contributed by atoms with Crippen LogP contribution in [-0.4, -0.2) is 23.8 Å². The summed E-state index contributed by atoms with van der Waals surface area (Å²) in [6.07, 6.45) is -4.70. The fourth-order valence-corrected chi connectivity index (χ4v) is 2.48. The van der Waals surface area contributed by atoms with Crippen molar-refractivity contribution in [1.29, 1.82) is 0 Å². The molecule has 2 aromatic carbocycles. The number of alkyl halides is 3. The van der Waals surface area contributed by atoms with Gasteiger partial charge in [-0.05, 0) is 35.9 Å². The van der Waals surface area contributed by atoms with Crippen LogP contribution >= 0.6 is 0 Å². The summed E-state index contributed by atoms with van der Waals surface area (Å²) in [7, 11) is 0. The van der Waals surface area contributed by atoms with E-state index in [0.717, 1.165) is 12.1 Å². The second-order valence-corrected chi connectivity index (χ2v) is 6.09. The first-order chi connectivity index (χ1) is 13.1. The standard InChI is InChI=1S/C19H18F3N3O3/c1-11(26)24-15-7-5-13(6-8-15)18(28)25-16(17(23)27)10-12-3-2-4-14(9-12)19(20,21)22/h2-9,16H,10H2,1H3,(H2,23,27)(H,24,26)(H,25,28)/t16-/m1/s1. The minimum absolute atomic E-state index is 0.186. The molecule has 4 N–H and O–H groups in total. The molecule has 0 aliphatic carbocycles. The molecule has 2 aromatic rings. The van der Waals surface area contributed by atoms with E-state index in [0.29, 0.717) is 5.69 Å². The third kappa shape index (κ3) is 5.83. The summed E-state index contributed by atoms with van der Waals surface area (Å²) in [5, 5.41) is 4.96. The zero-order valence-corrected chi connectivity index (χ0v) is 14.8. The van der Waals surface area contributed by atoms with E-state index in [9.17, 15) is 27.6 Å². The number of benzene rings is 2. The predicted octanol–water partition coefficient (Wildman–Crippen LogP) is 2.49. The number of nitrogens with one attached hydrogen (secondary N) is 2. The Morgan fingerprint density at radius 1 is 1.07 bits per heavy atom. The first-order valence-corrected chi connectivity index (χ1v) is 8.20. The Balaban J connectivity index is 2.11. The minimum atomic E-state index is -4.52. The van der Waals surface area contributed by atoms with Crippen LogP contribution < -0.4 is 16.4 Å². The van der Waals surface area contributed by atoms with Gasteiger partial charge in [-0.2, -0.15) is 13.2 Å². The number of primary amides is 1. The molecule has 3 amide bonds. The second-order valence-electron chi connectivity index (χ2n) is 6.09. The van der Waals surface area contributed by atoms with Gasteiger partial charge in [-0.3, -0.25) is 14.4 Å². The van der Waals surface area contributed by atoms with Crippen molar-refractivity contribution in [2.45, 2.75) is 25.6 Å². The maximum Gasteiger partial charge on any atom is 0.416 e. The number of hydrogen-bond acceptors (Lipinski definition) is 3. The molecule has 2 rings (SSSR count). The molecule has 28 heavy (non-hydrogen) atoms. The second kappa shape index (κ2) is 8.55. The van der Waals surface area contributed by atoms with Crippen LogP contribution in [0.2, 0.25) is 0 Å². The summed E-state index contributed by atoms with van der Waals surface area (Å²) in [6.45, 7) is 1.34. The predicted molar refractivity (Wildman–Crippen MR) is 96.3 cm³/mol. The van der Waals surface area contributed by atoms with Gasteiger partial charge in [0.2, 0.25) is 11.8 Å². The van der Waals surface area contributed by atoms with E-state index in [4.69, 9.17) is 5.73 Å². The molecule has 6 nitrogen and oxygen atoms in total. The Kier molecular flexibility index (Phi) is 6.40. The number of nitrogens with two attached hydrogens (primary N) is 1. The van der Waals surface area contributed by atoms with E-state index < -0.39 is 29.6 Å². The van der Waals surface area contributed by atoms with Gasteiger partial charge >= 0.3 is 6.18 Å². The van der Waals surface area contributed by atoms with Crippen LogP contribution in [0.5, 0.6) is 0 Å². The molecular weight excluding hydrogens is 375 g/mol. The van der Waals surface area contributed by atoms with Crippen LogP contribution in [0.15, 0.2) is 48.5 Å². The quantitative estimate of drug-likeness (QED) is 0.703. The Bertz CT molecular complexity index is 880. The molecule has 0 fully saturated rings. The lowest BCUT2D eigenvalue weighted by Gasteiger charge is -2.17. The number of hydrogen-bond donors (Lipinski definition) is 3. The van der Waals surface area contributed by atoms with Gasteiger partial charge in [0.25, 0.3) is 5.91 Å². The van der Waals surface area contributed by atoms with Crippen molar-refractivity contribution >= 4 is 23.4 Å². The minimum Gasteiger partial charge on any atom is -0.368 e. The van der Waals surface area contributed by atoms with Gasteiger partial charge in [0.1, 0.15) is 6.04 Å². The van der Waals surface area contributed by atoms with E-state index in [1.54, 1.807) is 0 Å². The Morgan fingerprint density at radius 3 is 2.25 bits per heavy atom. The molecule has 0 bridgehead atoms. The molecule has 0 spiro atoms. The SMILES string of the molecule is CC(=O)Nc1ccc(C(=O)N[C@H](Cc2cccc(C(F)(F)F)c2)C(N)=O)cc1. The fraction of sp³-hybridized carbons (Fsp3) is 0.211. The Morgan fingerprint density at radius 2 is 1.71 bits per heavy atom. The molecule has 0 aliphatic heterocycles. The van der Waals surface area contributed by atoms with Crippen LogP contribution in [0.4, 0.5) is 18.9 Å². The number of amides is 3. The molecule has 0 heterocycles. The van der Waals surface area contributed by atoms with Crippen molar-refractivity contribution < 1.29 is 27.6 Å². The summed E-state index contributed by atoms with van der Waals surface area (Å²) in [4.78, 5) is 35.0. The zero-order chi connectivity index (χ0) is 20.9. The van der Waals surface area contributed by atoms with Crippen molar-refractivity contribution in [2.75, 3.05) is 5.32 Å². The van der Waals surface area contributed by atoms with E-state index in [-0.39, 0.29) is 23.5 Å². The van der Waals surface area contributed by atoms with Crippen LogP contribution in [0.3, 0.4) is 0 Å². The molecule has 0 aromatic heterocycles. The van der Waals surface area contributed by atoms with E-state index in [2.05, 4.69) is 10.6 Å². The molecule has 9 heteroatoms. The number of halogens is 3. The molecular formula is C19H18F3N3O3. The molecule has 0 saturated heterocycles. The van der Waals surface area contributed by atoms with Crippen molar-refractivity contribution in [3.8, 4) is 0 Å². The molecule has 0 saturated carbocycles. The number of carbonyl (C=O) groups excluding carboxylic acids is 3. The molecule has 0 radical (unpaired) electrons. The first-order valence-electron chi connectivity index (χ1n) is 8.20. The normalized spacial score (nSPS) is 12.1. The first kappa shape index (κ1) is 20.9. The average Bonchev–Trinajstić information content (AvgIpc) is 2.60. The Hall–Kier alpha value is -3.36. The van der Waals surface area contributed by atoms with Crippen molar-refractivity contribution in [1.82, 2.24) is 5.32 Å². The van der Waals surface area contributed by atoms with Crippen molar-refractivity contribution in [3.63, 3.8) is 0 Å². The molecule has 148 valence electrons. The lowest BCUT2D eigenvalue weighted by atomic mass is 10.0. The van der Waals surface area contributed by atoms with Crippen LogP contribution in [0.25, 0.3) is 0 Å². The highest BCUT2D eigenvalue weighted by Crippen LogP contribution is 2.29. The summed E-state index contributed by atoms with van der Waals surface area (Å²) in [5.41, 5.74) is 5.33. The lowest BCUT2D eigenvalue weighted by Crippen LogP contribution is -2.45. The van der Waals surface area contributed by atoms with Gasteiger partial charge in [0, 0.05) is 24.6 Å². The highest BCUT2D eigenvalue weighted by atomic mass is 19.4. The third-order valence-corrected chi connectivity index (χ3v) is 3.81. The summed E-state index contributed by atoms with van der Waals surface area (Å²) >= 11 is 0. The third-order valence-electron chi connectivity index (χ3n) is 3.81. The van der Waals surface area contributed by atoms with Gasteiger partial charge in [0.05, 0.1) is 5.56 Å². The van der Waals surface area contributed by atoms with E-state index in [1.165, 1.54) is 43.3 Å². The van der Waals surface area contributed by atoms with Crippen LogP contribution in [-0.2, 0) is 22.2 Å². The summed E-state index contributed by atoms with van der Waals surface area (Å²) in [6, 6.07) is 9.14. The zero-order valence-electron chi connectivity index (χ0n) is 14.8. The number of carbonyl (C=O) groups is 3. The molecule has 0 unspecified atom stereocenters. The monoisotopic (exact) mass is 393 g/mol. The van der Waals surface area contributed by atoms with E-state index >= 15 is 0 Å². The average molecular weight is 393 g/mol. The largest absolute Gasteiger partial charge is 0.416 e. The van der Waals surface area contributed by atoms with Gasteiger partial charge in [0.15, 0.2) is 0 Å². The number of anilines is 1.